The molecular weight excluding hydrogens is 154 g/mol. The topological polar surface area (TPSA) is 0 Å². The molecule has 0 aliphatic carbocycles. The third-order valence-electron chi connectivity index (χ3n) is 0.474. The second-order valence-electron chi connectivity index (χ2n) is 0.969. The molecule has 7 heavy (non-hydrogen) atoms. The summed E-state index contributed by atoms with van der Waals surface area (Å²) in [7, 11) is 5.74. The molecule has 2 heteroatoms. The third-order valence-corrected chi connectivity index (χ3v) is 3.05. The van der Waals surface area contributed by atoms with Crippen LogP contribution in [0, 0.1) is 0 Å². The van der Waals surface area contributed by atoms with Gasteiger partial charge in [-0.1, -0.05) is 0 Å². The molecule has 0 spiro atoms. The van der Waals surface area contributed by atoms with E-state index in [-0.39, 0.29) is 12.5 Å². The van der Waals surface area contributed by atoms with Gasteiger partial charge in [-0.3, -0.25) is 0 Å². The minimum absolute atomic E-state index is 0.0359. The van der Waals surface area contributed by atoms with Crippen molar-refractivity contribution in [1.82, 2.24) is 0 Å². The molecule has 0 nitrogen and oxygen atoms in total. The summed E-state index contributed by atoms with van der Waals surface area (Å²) in [5, 5.41) is 2.05. The SMILES string of the molecule is C=C[CH2][Ni]([Cl])[CH2]C. The molecule has 0 aliphatic heterocycles. The van der Waals surface area contributed by atoms with Crippen molar-refractivity contribution in [3.8, 4) is 0 Å². The first kappa shape index (κ1) is 7.52. The van der Waals surface area contributed by atoms with Crippen LogP contribution in [0.15, 0.2) is 12.7 Å². The van der Waals surface area contributed by atoms with Crippen LogP contribution in [-0.2, 0) is 12.5 Å². The van der Waals surface area contributed by atoms with Gasteiger partial charge in [0.15, 0.2) is 0 Å². The Balaban J connectivity index is 2.98. The van der Waals surface area contributed by atoms with Gasteiger partial charge in [0.2, 0.25) is 0 Å². The molecular formula is C5H10ClNi. The average molecular weight is 164 g/mol. The molecule has 0 fully saturated rings. The summed E-state index contributed by atoms with van der Waals surface area (Å²) in [4.78, 5) is 0. The fraction of sp³-hybridized carbons (Fsp3) is 0.600. The molecule has 0 heterocycles. The maximum absolute atomic E-state index is 5.74. The van der Waals surface area contributed by atoms with E-state index in [9.17, 15) is 0 Å². The summed E-state index contributed by atoms with van der Waals surface area (Å²) in [5.74, 6) is 0. The monoisotopic (exact) mass is 163 g/mol. The summed E-state index contributed by atoms with van der Waals surface area (Å²) in [6.07, 6.45) is 1.87. The normalized spacial score (nSPS) is 10.9. The Labute approximate surface area is 53.5 Å². The molecule has 0 aliphatic rings. The van der Waals surface area contributed by atoms with E-state index < -0.39 is 0 Å². The molecule has 0 aromatic rings. The second-order valence-corrected chi connectivity index (χ2v) is 4.49. The molecule has 0 unspecified atom stereocenters. The zero-order chi connectivity index (χ0) is 5.70. The summed E-state index contributed by atoms with van der Waals surface area (Å²) >= 11 is -0.0359. The molecule has 0 amide bonds. The van der Waals surface area contributed by atoms with Crippen LogP contribution < -0.4 is 0 Å². The molecule has 0 saturated heterocycles. The van der Waals surface area contributed by atoms with Gasteiger partial charge in [-0.05, 0) is 0 Å². The van der Waals surface area contributed by atoms with Crippen LogP contribution in [0.1, 0.15) is 6.92 Å². The van der Waals surface area contributed by atoms with Crippen LogP contribution in [0.2, 0.25) is 10.8 Å². The maximum atomic E-state index is 5.74. The van der Waals surface area contributed by atoms with E-state index in [1.54, 1.807) is 0 Å². The number of hydrogen-bond donors (Lipinski definition) is 0. The van der Waals surface area contributed by atoms with Crippen molar-refractivity contribution in [3.05, 3.63) is 12.7 Å². The number of hydrogen-bond acceptors (Lipinski definition) is 0. The number of allylic oxidation sites excluding steroid dienone is 1. The van der Waals surface area contributed by atoms with Gasteiger partial charge in [0.25, 0.3) is 0 Å². The molecule has 0 saturated carbocycles. The summed E-state index contributed by atoms with van der Waals surface area (Å²) in [5.41, 5.74) is 0. The minimum atomic E-state index is -0.0359. The van der Waals surface area contributed by atoms with Crippen molar-refractivity contribution in [2.45, 2.75) is 17.7 Å². The Morgan fingerprint density at radius 1 is 1.86 bits per heavy atom. The van der Waals surface area contributed by atoms with E-state index in [2.05, 4.69) is 13.5 Å². The van der Waals surface area contributed by atoms with E-state index in [4.69, 9.17) is 10.2 Å². The standard InChI is InChI=1S/C3H5.C2H5.ClH.Ni/c1-3-2;1-2;;/h3H,1-2H2;1H2,2H3;1H;/q;;;+1/p-1. The molecule has 0 aromatic heterocycles. The fourth-order valence-corrected chi connectivity index (χ4v) is 1.07. The predicted octanol–water partition coefficient (Wildman–Crippen LogP) is 2.80. The van der Waals surface area contributed by atoms with Gasteiger partial charge >= 0.3 is 53.1 Å². The van der Waals surface area contributed by atoms with Crippen LogP contribution in [-0.4, -0.2) is 0 Å². The molecule has 0 rings (SSSR count). The Hall–Kier alpha value is 0.524. The first-order valence-corrected chi connectivity index (χ1v) is 4.85. The van der Waals surface area contributed by atoms with E-state index in [1.807, 2.05) is 6.08 Å². The number of rotatable bonds is 3. The third kappa shape index (κ3) is 4.38. The van der Waals surface area contributed by atoms with Gasteiger partial charge in [0.1, 0.15) is 0 Å². The van der Waals surface area contributed by atoms with Crippen LogP contribution in [0.4, 0.5) is 0 Å². The average Bonchev–Trinajstić information content (AvgIpc) is 1.68. The fourth-order valence-electron chi connectivity index (χ4n) is 0.190. The van der Waals surface area contributed by atoms with Gasteiger partial charge < -0.3 is 0 Å². The number of halogens is 1. The summed E-state index contributed by atoms with van der Waals surface area (Å²) in [6, 6.07) is 0. The summed E-state index contributed by atoms with van der Waals surface area (Å²) in [6.45, 7) is 5.66. The second kappa shape index (κ2) is 4.68. The van der Waals surface area contributed by atoms with Crippen molar-refractivity contribution < 1.29 is 12.5 Å². The molecule has 0 radical (unpaired) electrons. The zero-order valence-electron chi connectivity index (χ0n) is 4.39. The van der Waals surface area contributed by atoms with E-state index in [0.29, 0.717) is 0 Å². The first-order valence-electron chi connectivity index (χ1n) is 2.09. The molecule has 0 bridgehead atoms. The molecule has 47 valence electrons. The van der Waals surface area contributed by atoms with Gasteiger partial charge in [-0.25, -0.2) is 0 Å². The van der Waals surface area contributed by atoms with Gasteiger partial charge in [0.05, 0.1) is 0 Å². The van der Waals surface area contributed by atoms with Gasteiger partial charge in [-0.2, -0.15) is 0 Å². The Morgan fingerprint density at radius 2 is 2.43 bits per heavy atom. The van der Waals surface area contributed by atoms with E-state index in [1.165, 1.54) is 0 Å². The Morgan fingerprint density at radius 3 is 2.57 bits per heavy atom. The van der Waals surface area contributed by atoms with Crippen LogP contribution in [0.5, 0.6) is 0 Å². The quantitative estimate of drug-likeness (QED) is 0.444. The van der Waals surface area contributed by atoms with Crippen molar-refractivity contribution >= 4 is 10.2 Å². The van der Waals surface area contributed by atoms with Crippen molar-refractivity contribution in [3.63, 3.8) is 0 Å². The van der Waals surface area contributed by atoms with E-state index in [0.717, 1.165) is 10.8 Å². The van der Waals surface area contributed by atoms with Crippen LogP contribution in [0.3, 0.4) is 0 Å². The predicted molar refractivity (Wildman–Crippen MR) is 31.3 cm³/mol. The summed E-state index contributed by atoms with van der Waals surface area (Å²) < 4.78 is 0. The Kier molecular flexibility index (Phi) is 5.03. The van der Waals surface area contributed by atoms with Gasteiger partial charge in [0, 0.05) is 0 Å². The van der Waals surface area contributed by atoms with Crippen molar-refractivity contribution in [2.24, 2.45) is 0 Å². The Bertz CT molecular complexity index is 54.0. The molecule has 0 N–H and O–H groups in total. The van der Waals surface area contributed by atoms with Gasteiger partial charge in [-0.15, -0.1) is 0 Å². The van der Waals surface area contributed by atoms with Crippen molar-refractivity contribution in [2.75, 3.05) is 0 Å². The van der Waals surface area contributed by atoms with Crippen LogP contribution in [0.25, 0.3) is 0 Å². The van der Waals surface area contributed by atoms with Crippen LogP contribution >= 0.6 is 10.2 Å². The first-order chi connectivity index (χ1) is 3.31. The van der Waals surface area contributed by atoms with Crippen molar-refractivity contribution in [1.29, 1.82) is 0 Å². The van der Waals surface area contributed by atoms with E-state index >= 15 is 0 Å². The zero-order valence-corrected chi connectivity index (χ0v) is 6.14. The molecule has 0 atom stereocenters. The molecule has 0 aromatic carbocycles.